The van der Waals surface area contributed by atoms with Crippen molar-refractivity contribution in [1.29, 1.82) is 0 Å². The summed E-state index contributed by atoms with van der Waals surface area (Å²) in [6.07, 6.45) is 59.6. The van der Waals surface area contributed by atoms with Crippen molar-refractivity contribution in [2.75, 3.05) is 13.2 Å². The quantitative estimate of drug-likeness (QED) is 0.0343. The fraction of sp³-hybridized carbons (Fsp3) is 0.953. The maximum absolute atomic E-state index is 12.9. The van der Waals surface area contributed by atoms with Gasteiger partial charge in [-0.25, -0.2) is 0 Å². The number of carbonyl (C=O) groups excluding carboxylic acids is 3. The Hall–Kier alpha value is -1.59. The smallest absolute Gasteiger partial charge is 0.306 e. The lowest BCUT2D eigenvalue weighted by molar-refractivity contribution is -0.167. The molecule has 0 N–H and O–H groups in total. The Morgan fingerprint density at radius 1 is 0.286 bits per heavy atom. The summed E-state index contributed by atoms with van der Waals surface area (Å²) in [4.78, 5) is 38.3. The number of esters is 3. The summed E-state index contributed by atoms with van der Waals surface area (Å²) in [5.41, 5.74) is 0. The van der Waals surface area contributed by atoms with E-state index in [1.54, 1.807) is 0 Å². The zero-order chi connectivity index (χ0) is 51.2. The van der Waals surface area contributed by atoms with Gasteiger partial charge in [0.15, 0.2) is 6.10 Å². The summed E-state index contributed by atoms with van der Waals surface area (Å²) < 4.78 is 16.9. The molecule has 0 rings (SSSR count). The summed E-state index contributed by atoms with van der Waals surface area (Å²) in [5.74, 6) is 1.73. The van der Waals surface area contributed by atoms with E-state index in [0.29, 0.717) is 19.3 Å². The third-order valence-corrected chi connectivity index (χ3v) is 15.0. The molecule has 0 radical (unpaired) electrons. The van der Waals surface area contributed by atoms with E-state index in [-0.39, 0.29) is 31.1 Å². The van der Waals surface area contributed by atoms with Gasteiger partial charge in [-0.15, -0.1) is 0 Å². The molecule has 1 unspecified atom stereocenters. The minimum absolute atomic E-state index is 0.0629. The molecule has 0 amide bonds. The topological polar surface area (TPSA) is 78.9 Å². The first kappa shape index (κ1) is 68.4. The van der Waals surface area contributed by atoms with Gasteiger partial charge in [-0.05, 0) is 37.0 Å². The van der Waals surface area contributed by atoms with Crippen molar-refractivity contribution in [2.24, 2.45) is 17.8 Å². The second kappa shape index (κ2) is 55.2. The number of hydrogen-bond donors (Lipinski definition) is 0. The molecule has 0 saturated carbocycles. The molecule has 6 heteroatoms. The monoisotopic (exact) mass is 989 g/mol. The fourth-order valence-electron chi connectivity index (χ4n) is 9.85. The van der Waals surface area contributed by atoms with E-state index in [1.807, 2.05) is 0 Å². The predicted molar refractivity (Wildman–Crippen MR) is 303 cm³/mol. The van der Waals surface area contributed by atoms with Crippen LogP contribution in [0.5, 0.6) is 0 Å². The maximum atomic E-state index is 12.9. The van der Waals surface area contributed by atoms with Crippen LogP contribution in [0.3, 0.4) is 0 Å². The Kier molecular flexibility index (Phi) is 53.9. The average molecular weight is 990 g/mol. The van der Waals surface area contributed by atoms with Gasteiger partial charge in [-0.3, -0.25) is 14.4 Å². The number of ether oxygens (including phenoxy) is 3. The molecule has 416 valence electrons. The lowest BCUT2D eigenvalue weighted by Crippen LogP contribution is -2.30. The molecular formula is C64H124O6. The largest absolute Gasteiger partial charge is 0.462 e. The minimum Gasteiger partial charge on any atom is -0.462 e. The molecule has 0 aliphatic carbocycles. The predicted octanol–water partition coefficient (Wildman–Crippen LogP) is 21.1. The molecule has 0 spiro atoms. The van der Waals surface area contributed by atoms with Crippen molar-refractivity contribution < 1.29 is 28.6 Å². The van der Waals surface area contributed by atoms with Crippen molar-refractivity contribution in [3.8, 4) is 0 Å². The zero-order valence-electron chi connectivity index (χ0n) is 48.3. The Morgan fingerprint density at radius 2 is 0.500 bits per heavy atom. The SMILES string of the molecule is CCC(C)CCCCCCCCCCCCCCCCC(=O)OC[C@H](COC(=O)CCCCCCCCCCCCC(C)C)OC(=O)CCCCCCCCCCCCCCCCCCCCC(C)C. The normalized spacial score (nSPS) is 12.5. The average Bonchev–Trinajstić information content (AvgIpc) is 3.33. The van der Waals surface area contributed by atoms with Crippen molar-refractivity contribution in [3.63, 3.8) is 0 Å². The van der Waals surface area contributed by atoms with Crippen LogP contribution in [0.4, 0.5) is 0 Å². The highest BCUT2D eigenvalue weighted by molar-refractivity contribution is 5.71. The molecule has 0 heterocycles. The van der Waals surface area contributed by atoms with Gasteiger partial charge in [0, 0.05) is 19.3 Å². The van der Waals surface area contributed by atoms with Gasteiger partial charge in [0.2, 0.25) is 0 Å². The van der Waals surface area contributed by atoms with Crippen LogP contribution in [-0.4, -0.2) is 37.2 Å². The van der Waals surface area contributed by atoms with Crippen LogP contribution in [0.2, 0.25) is 0 Å². The first-order valence-electron chi connectivity index (χ1n) is 31.6. The zero-order valence-corrected chi connectivity index (χ0v) is 48.3. The molecule has 0 saturated heterocycles. The second-order valence-corrected chi connectivity index (χ2v) is 23.2. The highest BCUT2D eigenvalue weighted by Crippen LogP contribution is 2.19. The van der Waals surface area contributed by atoms with E-state index >= 15 is 0 Å². The van der Waals surface area contributed by atoms with Crippen LogP contribution in [0.15, 0.2) is 0 Å². The summed E-state index contributed by atoms with van der Waals surface area (Å²) in [6.45, 7) is 13.8. The first-order chi connectivity index (χ1) is 34.1. The van der Waals surface area contributed by atoms with Crippen molar-refractivity contribution >= 4 is 17.9 Å². The van der Waals surface area contributed by atoms with E-state index in [9.17, 15) is 14.4 Å². The van der Waals surface area contributed by atoms with Gasteiger partial charge in [-0.2, -0.15) is 0 Å². The highest BCUT2D eigenvalue weighted by atomic mass is 16.6. The molecule has 70 heavy (non-hydrogen) atoms. The van der Waals surface area contributed by atoms with Crippen LogP contribution in [0, 0.1) is 17.8 Å². The summed E-state index contributed by atoms with van der Waals surface area (Å²) >= 11 is 0. The van der Waals surface area contributed by atoms with E-state index in [1.165, 1.54) is 238 Å². The number of rotatable bonds is 57. The van der Waals surface area contributed by atoms with Gasteiger partial charge < -0.3 is 14.2 Å². The van der Waals surface area contributed by atoms with Gasteiger partial charge >= 0.3 is 17.9 Å². The lowest BCUT2D eigenvalue weighted by Gasteiger charge is -2.18. The maximum Gasteiger partial charge on any atom is 0.306 e. The summed E-state index contributed by atoms with van der Waals surface area (Å²) in [7, 11) is 0. The van der Waals surface area contributed by atoms with E-state index < -0.39 is 6.10 Å². The minimum atomic E-state index is -0.764. The van der Waals surface area contributed by atoms with Gasteiger partial charge in [0.25, 0.3) is 0 Å². The molecule has 2 atom stereocenters. The van der Waals surface area contributed by atoms with Crippen molar-refractivity contribution in [2.45, 2.75) is 362 Å². The number of unbranched alkanes of at least 4 members (excludes halogenated alkanes) is 39. The number of carbonyl (C=O) groups is 3. The molecule has 0 aromatic rings. The van der Waals surface area contributed by atoms with E-state index in [4.69, 9.17) is 14.2 Å². The highest BCUT2D eigenvalue weighted by Gasteiger charge is 2.19. The fourth-order valence-corrected chi connectivity index (χ4v) is 9.85. The summed E-state index contributed by atoms with van der Waals surface area (Å²) in [5, 5.41) is 0. The molecule has 0 aromatic heterocycles. The van der Waals surface area contributed by atoms with Crippen LogP contribution >= 0.6 is 0 Å². The lowest BCUT2D eigenvalue weighted by atomic mass is 9.99. The molecular weight excluding hydrogens is 865 g/mol. The Bertz CT molecular complexity index is 1090. The molecule has 0 bridgehead atoms. The van der Waals surface area contributed by atoms with E-state index in [0.717, 1.165) is 75.5 Å². The van der Waals surface area contributed by atoms with Crippen LogP contribution in [0.1, 0.15) is 356 Å². The molecule has 6 nitrogen and oxygen atoms in total. The third kappa shape index (κ3) is 55.7. The van der Waals surface area contributed by atoms with Crippen LogP contribution in [0.25, 0.3) is 0 Å². The van der Waals surface area contributed by atoms with Crippen molar-refractivity contribution in [3.05, 3.63) is 0 Å². The third-order valence-electron chi connectivity index (χ3n) is 15.0. The summed E-state index contributed by atoms with van der Waals surface area (Å²) in [6, 6.07) is 0. The van der Waals surface area contributed by atoms with Crippen LogP contribution in [-0.2, 0) is 28.6 Å². The standard InChI is InChI=1S/C64H124O6/c1-7-60(6)52-46-40-34-28-21-17-14-15-18-22-29-35-41-47-53-62(65)68-56-61(57-69-63(66)54-48-42-36-30-25-24-27-33-39-45-51-59(4)5)70-64(67)55-49-43-37-31-23-19-13-11-9-8-10-12-16-20-26-32-38-44-50-58(2)3/h58-61H,7-57H2,1-6H3/t60?,61-/m1/s1. The Morgan fingerprint density at radius 3 is 0.743 bits per heavy atom. The number of hydrogen-bond acceptors (Lipinski definition) is 6. The molecule has 0 aliphatic rings. The second-order valence-electron chi connectivity index (χ2n) is 23.2. The van der Waals surface area contributed by atoms with Gasteiger partial charge in [0.05, 0.1) is 0 Å². The van der Waals surface area contributed by atoms with Crippen molar-refractivity contribution in [1.82, 2.24) is 0 Å². The van der Waals surface area contributed by atoms with Gasteiger partial charge in [0.1, 0.15) is 13.2 Å². The molecule has 0 fully saturated rings. The molecule has 0 aromatic carbocycles. The van der Waals surface area contributed by atoms with Gasteiger partial charge in [-0.1, -0.05) is 318 Å². The Balaban J connectivity index is 4.27. The first-order valence-corrected chi connectivity index (χ1v) is 31.6. The van der Waals surface area contributed by atoms with Crippen LogP contribution < -0.4 is 0 Å². The molecule has 0 aliphatic heterocycles. The van der Waals surface area contributed by atoms with E-state index in [2.05, 4.69) is 41.5 Å². The Labute approximate surface area is 438 Å².